The van der Waals surface area contributed by atoms with Crippen LogP contribution in [-0.2, 0) is 12.8 Å². The number of allylic oxidation sites excluding steroid dienone is 1. The number of hydrogen-bond donors (Lipinski definition) is 0. The summed E-state index contributed by atoms with van der Waals surface area (Å²) in [7, 11) is 0. The Bertz CT molecular complexity index is 842. The summed E-state index contributed by atoms with van der Waals surface area (Å²) in [6, 6.07) is 21.9. The Morgan fingerprint density at radius 1 is 0.800 bits per heavy atom. The molecule has 0 saturated heterocycles. The molecule has 0 aliphatic rings. The van der Waals surface area contributed by atoms with Gasteiger partial charge in [-0.3, -0.25) is 0 Å². The molecule has 3 aromatic carbocycles. The summed E-state index contributed by atoms with van der Waals surface area (Å²) >= 11 is 0. The minimum Gasteiger partial charge on any atom is -0.206 e. The van der Waals surface area contributed by atoms with E-state index in [1.165, 1.54) is 11.1 Å². The Balaban J connectivity index is 1.84. The van der Waals surface area contributed by atoms with Gasteiger partial charge in [0, 0.05) is 5.56 Å². The maximum Gasteiger partial charge on any atom is 0.131 e. The van der Waals surface area contributed by atoms with Crippen LogP contribution in [0.1, 0.15) is 24.5 Å². The van der Waals surface area contributed by atoms with E-state index in [-0.39, 0.29) is 5.82 Å². The lowest BCUT2D eigenvalue weighted by Crippen LogP contribution is -1.88. The van der Waals surface area contributed by atoms with E-state index < -0.39 is 0 Å². The minimum absolute atomic E-state index is 0.183. The molecule has 25 heavy (non-hydrogen) atoms. The van der Waals surface area contributed by atoms with Gasteiger partial charge in [0.25, 0.3) is 0 Å². The van der Waals surface area contributed by atoms with Gasteiger partial charge in [-0.1, -0.05) is 73.7 Å². The monoisotopic (exact) mass is 330 g/mol. The molecule has 1 heteroatoms. The van der Waals surface area contributed by atoms with Crippen molar-refractivity contribution < 1.29 is 4.39 Å². The molecule has 0 saturated carbocycles. The fourth-order valence-corrected chi connectivity index (χ4v) is 2.98. The number of hydrogen-bond acceptors (Lipinski definition) is 0. The fourth-order valence-electron chi connectivity index (χ4n) is 2.98. The highest BCUT2D eigenvalue weighted by molar-refractivity contribution is 5.71. The molecule has 126 valence electrons. The molecule has 0 fully saturated rings. The third-order valence-corrected chi connectivity index (χ3v) is 4.57. The molecule has 0 unspecified atom stereocenters. The summed E-state index contributed by atoms with van der Waals surface area (Å²) in [5.74, 6) is -0.183. The van der Waals surface area contributed by atoms with Crippen molar-refractivity contribution in [2.75, 3.05) is 0 Å². The van der Waals surface area contributed by atoms with E-state index in [2.05, 4.69) is 49.9 Å². The summed E-state index contributed by atoms with van der Waals surface area (Å²) in [5.41, 5.74) is 6.04. The third-order valence-electron chi connectivity index (χ3n) is 4.57. The van der Waals surface area contributed by atoms with Gasteiger partial charge in [-0.25, -0.2) is 4.39 Å². The number of benzene rings is 3. The molecule has 3 aromatic rings. The second-order valence-electron chi connectivity index (χ2n) is 6.27. The molecule has 0 heterocycles. The Hall–Kier alpha value is -2.67. The normalized spacial score (nSPS) is 10.6. The van der Waals surface area contributed by atoms with Crippen LogP contribution < -0.4 is 0 Å². The molecule has 0 aromatic heterocycles. The van der Waals surface area contributed by atoms with Gasteiger partial charge in [-0.05, 0) is 53.1 Å². The second-order valence-corrected chi connectivity index (χ2v) is 6.27. The minimum atomic E-state index is -0.183. The molecule has 0 N–H and O–H groups in total. The van der Waals surface area contributed by atoms with E-state index in [4.69, 9.17) is 0 Å². The van der Waals surface area contributed by atoms with E-state index in [1.54, 1.807) is 6.07 Å². The van der Waals surface area contributed by atoms with Gasteiger partial charge >= 0.3 is 0 Å². The van der Waals surface area contributed by atoms with Gasteiger partial charge in [0.1, 0.15) is 5.82 Å². The van der Waals surface area contributed by atoms with Crippen LogP contribution in [0, 0.1) is 5.82 Å². The van der Waals surface area contributed by atoms with Gasteiger partial charge in [0.15, 0.2) is 0 Å². The maximum absolute atomic E-state index is 14.6. The first kappa shape index (κ1) is 17.2. The van der Waals surface area contributed by atoms with Crippen molar-refractivity contribution in [2.45, 2.75) is 26.2 Å². The van der Waals surface area contributed by atoms with Gasteiger partial charge in [0.2, 0.25) is 0 Å². The molecule has 0 aliphatic carbocycles. The van der Waals surface area contributed by atoms with Crippen molar-refractivity contribution in [3.63, 3.8) is 0 Å². The first-order valence-corrected chi connectivity index (χ1v) is 8.80. The zero-order chi connectivity index (χ0) is 17.6. The number of aryl methyl sites for hydroxylation is 2. The topological polar surface area (TPSA) is 0 Å². The molecular weight excluding hydrogens is 307 g/mol. The van der Waals surface area contributed by atoms with Gasteiger partial charge in [-0.15, -0.1) is 6.58 Å². The van der Waals surface area contributed by atoms with Crippen molar-refractivity contribution in [3.05, 3.63) is 96.3 Å². The molecule has 0 radical (unpaired) electrons. The Labute approximate surface area is 149 Å². The summed E-state index contributed by atoms with van der Waals surface area (Å²) in [6.45, 7) is 5.87. The van der Waals surface area contributed by atoms with Crippen molar-refractivity contribution in [2.24, 2.45) is 0 Å². The highest BCUT2D eigenvalue weighted by Crippen LogP contribution is 2.28. The van der Waals surface area contributed by atoms with Crippen LogP contribution in [0.25, 0.3) is 22.3 Å². The van der Waals surface area contributed by atoms with Crippen LogP contribution in [0.4, 0.5) is 4.39 Å². The molecule has 0 atom stereocenters. The lowest BCUT2D eigenvalue weighted by atomic mass is 9.97. The largest absolute Gasteiger partial charge is 0.206 e. The molecule has 0 nitrogen and oxygen atoms in total. The zero-order valence-corrected chi connectivity index (χ0v) is 14.6. The van der Waals surface area contributed by atoms with Crippen LogP contribution in [0.3, 0.4) is 0 Å². The standard InChI is InChI=1S/C24H23F/c1-3-5-6-19-9-11-20(12-10-19)22-15-16-23(24(25)17-22)21-13-7-18(4-2)8-14-21/h3,7-17H,1,4-6H2,2H3. The summed E-state index contributed by atoms with van der Waals surface area (Å²) in [6.07, 6.45) is 4.88. The lowest BCUT2D eigenvalue weighted by Gasteiger charge is -2.08. The fraction of sp³-hybridized carbons (Fsp3) is 0.167. The third kappa shape index (κ3) is 4.06. The quantitative estimate of drug-likeness (QED) is 0.434. The molecule has 0 spiro atoms. The summed E-state index contributed by atoms with van der Waals surface area (Å²) < 4.78 is 14.6. The molecular formula is C24H23F. The summed E-state index contributed by atoms with van der Waals surface area (Å²) in [5, 5.41) is 0. The van der Waals surface area contributed by atoms with Crippen molar-refractivity contribution in [1.82, 2.24) is 0 Å². The summed E-state index contributed by atoms with van der Waals surface area (Å²) in [4.78, 5) is 0. The number of rotatable bonds is 6. The van der Waals surface area contributed by atoms with E-state index in [9.17, 15) is 4.39 Å². The van der Waals surface area contributed by atoms with Crippen LogP contribution in [-0.4, -0.2) is 0 Å². The van der Waals surface area contributed by atoms with Gasteiger partial charge in [0.05, 0.1) is 0 Å². The Kier molecular flexibility index (Phi) is 5.45. The molecule has 0 amide bonds. The van der Waals surface area contributed by atoms with Crippen LogP contribution in [0.15, 0.2) is 79.4 Å². The van der Waals surface area contributed by atoms with E-state index in [1.807, 2.05) is 30.3 Å². The molecule has 0 bridgehead atoms. The average Bonchev–Trinajstić information content (AvgIpc) is 2.67. The number of halogens is 1. The van der Waals surface area contributed by atoms with Crippen LogP contribution in [0.5, 0.6) is 0 Å². The highest BCUT2D eigenvalue weighted by atomic mass is 19.1. The van der Waals surface area contributed by atoms with Gasteiger partial charge < -0.3 is 0 Å². The predicted octanol–water partition coefficient (Wildman–Crippen LogP) is 6.84. The van der Waals surface area contributed by atoms with Crippen LogP contribution >= 0.6 is 0 Å². The van der Waals surface area contributed by atoms with E-state index in [0.29, 0.717) is 5.56 Å². The Morgan fingerprint density at radius 2 is 1.40 bits per heavy atom. The maximum atomic E-state index is 14.6. The van der Waals surface area contributed by atoms with E-state index >= 15 is 0 Å². The molecule has 3 rings (SSSR count). The SMILES string of the molecule is C=CCCc1ccc(-c2ccc(-c3ccc(CC)cc3)c(F)c2)cc1. The van der Waals surface area contributed by atoms with Gasteiger partial charge in [-0.2, -0.15) is 0 Å². The Morgan fingerprint density at radius 3 is 2.00 bits per heavy atom. The first-order valence-electron chi connectivity index (χ1n) is 8.80. The highest BCUT2D eigenvalue weighted by Gasteiger charge is 2.07. The zero-order valence-electron chi connectivity index (χ0n) is 14.6. The lowest BCUT2D eigenvalue weighted by molar-refractivity contribution is 0.632. The van der Waals surface area contributed by atoms with Crippen molar-refractivity contribution in [1.29, 1.82) is 0 Å². The predicted molar refractivity (Wildman–Crippen MR) is 105 cm³/mol. The van der Waals surface area contributed by atoms with Crippen LogP contribution in [0.2, 0.25) is 0 Å². The smallest absolute Gasteiger partial charge is 0.131 e. The van der Waals surface area contributed by atoms with Crippen molar-refractivity contribution in [3.8, 4) is 22.3 Å². The van der Waals surface area contributed by atoms with E-state index in [0.717, 1.165) is 36.0 Å². The van der Waals surface area contributed by atoms with Crippen molar-refractivity contribution >= 4 is 0 Å². The molecule has 0 aliphatic heterocycles. The first-order chi connectivity index (χ1) is 12.2. The average molecular weight is 330 g/mol. The second kappa shape index (κ2) is 7.94.